The van der Waals surface area contributed by atoms with Gasteiger partial charge >= 0.3 is 0 Å². The Hall–Kier alpha value is -0.970. The lowest BCUT2D eigenvalue weighted by Gasteiger charge is -2.31. The molecule has 2 fully saturated rings. The number of ether oxygens (including phenoxy) is 3. The molecule has 1 atom stereocenters. The predicted molar refractivity (Wildman–Crippen MR) is 101 cm³/mol. The molecule has 0 amide bonds. The molecular weight excluding hydrogens is 423 g/mol. The number of hydrogen-bond donors (Lipinski definition) is 2. The zero-order chi connectivity index (χ0) is 16.0. The van der Waals surface area contributed by atoms with Crippen LogP contribution in [0.15, 0.2) is 29.4 Å². The van der Waals surface area contributed by atoms with Gasteiger partial charge in [-0.25, -0.2) is 0 Å². The topological polar surface area (TPSA) is 91.0 Å². The van der Waals surface area contributed by atoms with Crippen LogP contribution in [0.5, 0.6) is 0 Å². The average molecular weight is 448 g/mol. The molecule has 0 bridgehead atoms. The van der Waals surface area contributed by atoms with Gasteiger partial charge in [-0.2, -0.15) is 0 Å². The molecule has 0 aliphatic carbocycles. The van der Waals surface area contributed by atoms with Crippen molar-refractivity contribution in [2.24, 2.45) is 10.7 Å². The summed E-state index contributed by atoms with van der Waals surface area (Å²) in [4.78, 5) is 8.61. The highest BCUT2D eigenvalue weighted by molar-refractivity contribution is 14.0. The quantitative estimate of drug-likeness (QED) is 0.398. The number of halogens is 1. The van der Waals surface area contributed by atoms with E-state index in [4.69, 9.17) is 19.9 Å². The second-order valence-electron chi connectivity index (χ2n) is 5.80. The van der Waals surface area contributed by atoms with Crippen LogP contribution in [-0.2, 0) is 20.6 Å². The van der Waals surface area contributed by atoms with E-state index in [1.54, 1.807) is 6.20 Å². The zero-order valence-electron chi connectivity index (χ0n) is 13.6. The number of aliphatic imine (C=N–C) groups is 1. The van der Waals surface area contributed by atoms with Crippen molar-refractivity contribution >= 4 is 29.9 Å². The number of nitrogens with one attached hydrogen (secondary N) is 1. The Balaban J connectivity index is 0.00000208. The number of hydrogen-bond acceptors (Lipinski definition) is 5. The highest BCUT2D eigenvalue weighted by Gasteiger charge is 2.42. The third-order valence-electron chi connectivity index (χ3n) is 4.05. The van der Waals surface area contributed by atoms with Gasteiger partial charge in [0.2, 0.25) is 0 Å². The predicted octanol–water partition coefficient (Wildman–Crippen LogP) is 1.07. The summed E-state index contributed by atoms with van der Waals surface area (Å²) in [6, 6.07) is 5.87. The third kappa shape index (κ3) is 5.54. The molecule has 1 aromatic heterocycles. The first-order chi connectivity index (χ1) is 11.3. The fourth-order valence-corrected chi connectivity index (χ4v) is 2.77. The van der Waals surface area contributed by atoms with Gasteiger partial charge in [-0.3, -0.25) is 9.98 Å². The Morgan fingerprint density at radius 1 is 1.38 bits per heavy atom. The van der Waals surface area contributed by atoms with E-state index in [1.165, 1.54) is 0 Å². The summed E-state index contributed by atoms with van der Waals surface area (Å²) in [5.41, 5.74) is 6.92. The lowest BCUT2D eigenvalue weighted by molar-refractivity contribution is -0.210. The molecule has 3 N–H and O–H groups in total. The van der Waals surface area contributed by atoms with Crippen LogP contribution in [-0.4, -0.2) is 55.7 Å². The van der Waals surface area contributed by atoms with Gasteiger partial charge in [0, 0.05) is 37.7 Å². The number of guanidine groups is 1. The molecule has 0 aromatic carbocycles. The largest absolute Gasteiger partial charge is 0.381 e. The molecule has 3 rings (SSSR count). The second kappa shape index (κ2) is 9.50. The fourth-order valence-electron chi connectivity index (χ4n) is 2.77. The van der Waals surface area contributed by atoms with E-state index < -0.39 is 5.79 Å². The van der Waals surface area contributed by atoms with Crippen molar-refractivity contribution in [3.05, 3.63) is 30.1 Å². The minimum Gasteiger partial charge on any atom is -0.381 e. The second-order valence-corrected chi connectivity index (χ2v) is 5.80. The Kier molecular flexibility index (Phi) is 7.66. The Bertz CT molecular complexity index is 523. The molecule has 1 aromatic rings. The van der Waals surface area contributed by atoms with E-state index in [-0.39, 0.29) is 30.1 Å². The maximum absolute atomic E-state index is 6.01. The summed E-state index contributed by atoms with van der Waals surface area (Å²) in [5.74, 6) is -0.0305. The molecule has 8 heteroatoms. The fraction of sp³-hybridized carbons (Fsp3) is 0.625. The molecule has 0 saturated carbocycles. The van der Waals surface area contributed by atoms with Gasteiger partial charge in [-0.15, -0.1) is 24.0 Å². The molecule has 2 aliphatic heterocycles. The molecule has 1 spiro atoms. The Morgan fingerprint density at radius 3 is 2.96 bits per heavy atom. The number of nitrogens with two attached hydrogens (primary N) is 1. The summed E-state index contributed by atoms with van der Waals surface area (Å²) in [6.45, 7) is 3.14. The minimum absolute atomic E-state index is 0. The van der Waals surface area contributed by atoms with E-state index in [0.717, 1.165) is 25.0 Å². The highest BCUT2D eigenvalue weighted by atomic mass is 127. The van der Waals surface area contributed by atoms with Crippen molar-refractivity contribution in [2.75, 3.05) is 32.9 Å². The summed E-state index contributed by atoms with van der Waals surface area (Å²) in [5, 5.41) is 3.10. The number of aromatic nitrogens is 1. The summed E-state index contributed by atoms with van der Waals surface area (Å²) in [6.07, 6.45) is 4.12. The van der Waals surface area contributed by atoms with Gasteiger partial charge in [0.25, 0.3) is 0 Å². The van der Waals surface area contributed by atoms with E-state index in [9.17, 15) is 0 Å². The molecule has 24 heavy (non-hydrogen) atoms. The van der Waals surface area contributed by atoms with Gasteiger partial charge in [0.1, 0.15) is 6.10 Å². The molecule has 134 valence electrons. The maximum Gasteiger partial charge on any atom is 0.188 e. The van der Waals surface area contributed by atoms with Crippen LogP contribution in [0, 0.1) is 0 Å². The van der Waals surface area contributed by atoms with Crippen LogP contribution in [0.1, 0.15) is 18.5 Å². The third-order valence-corrected chi connectivity index (χ3v) is 4.05. The summed E-state index contributed by atoms with van der Waals surface area (Å²) >= 11 is 0. The first-order valence-corrected chi connectivity index (χ1v) is 8.09. The van der Waals surface area contributed by atoms with Crippen LogP contribution in [0.3, 0.4) is 0 Å². The Morgan fingerprint density at radius 2 is 2.21 bits per heavy atom. The number of pyridine rings is 1. The Labute approximate surface area is 159 Å². The van der Waals surface area contributed by atoms with Gasteiger partial charge < -0.3 is 25.3 Å². The van der Waals surface area contributed by atoms with Crippen LogP contribution < -0.4 is 11.1 Å². The first kappa shape index (κ1) is 19.4. The van der Waals surface area contributed by atoms with E-state index in [2.05, 4.69) is 15.3 Å². The van der Waals surface area contributed by atoms with Crippen LogP contribution in [0.4, 0.5) is 0 Å². The van der Waals surface area contributed by atoms with Crippen molar-refractivity contribution in [2.45, 2.75) is 31.2 Å². The minimum atomic E-state index is -0.459. The smallest absolute Gasteiger partial charge is 0.188 e. The van der Waals surface area contributed by atoms with E-state index in [1.807, 2.05) is 18.2 Å². The van der Waals surface area contributed by atoms with E-state index in [0.29, 0.717) is 38.9 Å². The van der Waals surface area contributed by atoms with Gasteiger partial charge in [0.05, 0.1) is 26.4 Å². The monoisotopic (exact) mass is 448 g/mol. The average Bonchev–Trinajstić information content (AvgIpc) is 2.97. The van der Waals surface area contributed by atoms with Gasteiger partial charge in [-0.1, -0.05) is 6.07 Å². The molecule has 7 nitrogen and oxygen atoms in total. The highest BCUT2D eigenvalue weighted by Crippen LogP contribution is 2.33. The van der Waals surface area contributed by atoms with Crippen LogP contribution in [0.25, 0.3) is 0 Å². The number of nitrogens with zero attached hydrogens (tertiary/aromatic N) is 2. The van der Waals surface area contributed by atoms with Crippen molar-refractivity contribution in [1.29, 1.82) is 0 Å². The zero-order valence-corrected chi connectivity index (χ0v) is 16.0. The van der Waals surface area contributed by atoms with E-state index >= 15 is 0 Å². The van der Waals surface area contributed by atoms with Crippen molar-refractivity contribution in [3.8, 4) is 0 Å². The van der Waals surface area contributed by atoms with Gasteiger partial charge in [0.15, 0.2) is 11.7 Å². The first-order valence-electron chi connectivity index (χ1n) is 8.09. The summed E-state index contributed by atoms with van der Waals surface area (Å²) in [7, 11) is 0. The molecule has 1 unspecified atom stereocenters. The molecule has 2 saturated heterocycles. The molecule has 3 heterocycles. The lowest BCUT2D eigenvalue weighted by atomic mass is 10.1. The lowest BCUT2D eigenvalue weighted by Crippen LogP contribution is -2.38. The molecular formula is C16H25IN4O3. The SMILES string of the molecule is I.NC(=NCC1COC2(CCOCC2)O1)NCCc1ccccn1. The van der Waals surface area contributed by atoms with Crippen molar-refractivity contribution < 1.29 is 14.2 Å². The molecule has 2 aliphatic rings. The van der Waals surface area contributed by atoms with Crippen molar-refractivity contribution in [3.63, 3.8) is 0 Å². The normalized spacial score (nSPS) is 23.0. The van der Waals surface area contributed by atoms with Crippen molar-refractivity contribution in [1.82, 2.24) is 10.3 Å². The maximum atomic E-state index is 6.01. The van der Waals surface area contributed by atoms with Crippen LogP contribution in [0.2, 0.25) is 0 Å². The van der Waals surface area contributed by atoms with Crippen LogP contribution >= 0.6 is 24.0 Å². The molecule has 0 radical (unpaired) electrons. The van der Waals surface area contributed by atoms with Gasteiger partial charge in [-0.05, 0) is 12.1 Å². The summed E-state index contributed by atoms with van der Waals surface area (Å²) < 4.78 is 17.2. The standard InChI is InChI=1S/C16H24N4O3.HI/c17-15(19-8-4-13-3-1-2-7-18-13)20-11-14-12-22-16(23-14)5-9-21-10-6-16;/h1-3,7,14H,4-6,8-12H2,(H3,17,19,20);1H. The number of rotatable bonds is 5.